The topological polar surface area (TPSA) is 68.5 Å². The fraction of sp³-hybridized carbons (Fsp3) is 0.294. The van der Waals surface area contributed by atoms with E-state index in [1.165, 1.54) is 13.2 Å². The molecular formula is C17H19NO4. The average molecular weight is 301 g/mol. The highest BCUT2D eigenvalue weighted by molar-refractivity contribution is 5.98. The molecule has 0 bridgehead atoms. The lowest BCUT2D eigenvalue weighted by molar-refractivity contribution is -0.142. The summed E-state index contributed by atoms with van der Waals surface area (Å²) in [5.74, 6) is 0.413. The summed E-state index contributed by atoms with van der Waals surface area (Å²) in [5, 5.41) is 9.08. The van der Waals surface area contributed by atoms with Crippen molar-refractivity contribution in [1.29, 1.82) is 5.26 Å². The van der Waals surface area contributed by atoms with Gasteiger partial charge in [0, 0.05) is 0 Å². The molecule has 0 saturated carbocycles. The van der Waals surface area contributed by atoms with Crippen molar-refractivity contribution < 1.29 is 19.0 Å². The van der Waals surface area contributed by atoms with Crippen LogP contribution in [0.15, 0.2) is 36.4 Å². The van der Waals surface area contributed by atoms with Crippen molar-refractivity contribution in [1.82, 2.24) is 0 Å². The van der Waals surface area contributed by atoms with Crippen LogP contribution >= 0.6 is 0 Å². The third-order valence-corrected chi connectivity index (χ3v) is 2.54. The van der Waals surface area contributed by atoms with Crippen LogP contribution in [0.25, 0.3) is 6.08 Å². The van der Waals surface area contributed by atoms with Gasteiger partial charge >= 0.3 is 5.97 Å². The van der Waals surface area contributed by atoms with Gasteiger partial charge in [-0.2, -0.15) is 5.26 Å². The van der Waals surface area contributed by atoms with Crippen LogP contribution in [0.3, 0.4) is 0 Å². The Morgan fingerprint density at radius 1 is 1.41 bits per heavy atom. The largest absolute Gasteiger partial charge is 0.493 e. The number of ether oxygens (including phenoxy) is 3. The average Bonchev–Trinajstić information content (AvgIpc) is 2.50. The smallest absolute Gasteiger partial charge is 0.349 e. The molecule has 0 spiro atoms. The van der Waals surface area contributed by atoms with Crippen molar-refractivity contribution in [2.75, 3.05) is 13.7 Å². The lowest BCUT2D eigenvalue weighted by Crippen LogP contribution is -2.12. The molecule has 1 aromatic carbocycles. The Balaban J connectivity index is 3.05. The summed E-state index contributed by atoms with van der Waals surface area (Å²) in [7, 11) is 1.52. The van der Waals surface area contributed by atoms with Crippen molar-refractivity contribution in [3.8, 4) is 17.6 Å². The highest BCUT2D eigenvalue weighted by Gasteiger charge is 2.13. The minimum absolute atomic E-state index is 0.0736. The zero-order valence-corrected chi connectivity index (χ0v) is 13.0. The molecule has 116 valence electrons. The SMILES string of the molecule is C=CCOc1ccc(C=C(C#N)C(=O)OC(C)C)cc1OC. The Morgan fingerprint density at radius 2 is 2.14 bits per heavy atom. The normalized spacial score (nSPS) is 10.8. The van der Waals surface area contributed by atoms with E-state index in [4.69, 9.17) is 19.5 Å². The number of carbonyl (C=O) groups excluding carboxylic acids is 1. The van der Waals surface area contributed by atoms with E-state index in [0.717, 1.165) is 0 Å². The second kappa shape index (κ2) is 8.53. The van der Waals surface area contributed by atoms with E-state index in [2.05, 4.69) is 6.58 Å². The van der Waals surface area contributed by atoms with Crippen LogP contribution in [0.2, 0.25) is 0 Å². The fourth-order valence-electron chi connectivity index (χ4n) is 1.62. The molecule has 0 amide bonds. The summed E-state index contributed by atoms with van der Waals surface area (Å²) < 4.78 is 15.7. The maximum atomic E-state index is 11.8. The van der Waals surface area contributed by atoms with Crippen molar-refractivity contribution in [2.24, 2.45) is 0 Å². The second-order valence-electron chi connectivity index (χ2n) is 4.63. The second-order valence-corrected chi connectivity index (χ2v) is 4.63. The first-order valence-electron chi connectivity index (χ1n) is 6.76. The molecule has 0 atom stereocenters. The van der Waals surface area contributed by atoms with Gasteiger partial charge in [-0.05, 0) is 37.6 Å². The first-order valence-corrected chi connectivity index (χ1v) is 6.76. The number of nitrogens with zero attached hydrogens (tertiary/aromatic N) is 1. The Kier molecular flexibility index (Phi) is 6.71. The Labute approximate surface area is 130 Å². The molecule has 0 aliphatic heterocycles. The quantitative estimate of drug-likeness (QED) is 0.335. The van der Waals surface area contributed by atoms with Crippen LogP contribution < -0.4 is 9.47 Å². The summed E-state index contributed by atoms with van der Waals surface area (Å²) in [6, 6.07) is 6.95. The number of methoxy groups -OCH3 is 1. The third-order valence-electron chi connectivity index (χ3n) is 2.54. The van der Waals surface area contributed by atoms with Crippen LogP contribution in [-0.2, 0) is 9.53 Å². The molecule has 0 fully saturated rings. The zero-order valence-electron chi connectivity index (χ0n) is 13.0. The van der Waals surface area contributed by atoms with E-state index in [1.54, 1.807) is 38.1 Å². The number of esters is 1. The first-order chi connectivity index (χ1) is 10.5. The molecule has 0 heterocycles. The lowest BCUT2D eigenvalue weighted by atomic mass is 10.1. The standard InChI is InChI=1S/C17H19NO4/c1-5-8-21-15-7-6-13(10-16(15)20-4)9-14(11-18)17(19)22-12(2)3/h5-7,9-10,12H,1,8H2,2-4H3. The van der Waals surface area contributed by atoms with Crippen LogP contribution in [0, 0.1) is 11.3 Å². The first kappa shape index (κ1) is 17.3. The van der Waals surface area contributed by atoms with Crippen LogP contribution in [0.5, 0.6) is 11.5 Å². The predicted octanol–water partition coefficient (Wildman–Crippen LogP) is 3.12. The van der Waals surface area contributed by atoms with Gasteiger partial charge in [-0.15, -0.1) is 0 Å². The number of rotatable bonds is 7. The number of benzene rings is 1. The molecule has 5 heteroatoms. The van der Waals surface area contributed by atoms with Crippen molar-refractivity contribution in [3.63, 3.8) is 0 Å². The minimum atomic E-state index is -0.650. The monoisotopic (exact) mass is 301 g/mol. The summed E-state index contributed by atoms with van der Waals surface area (Å²) in [6.07, 6.45) is 2.79. The number of hydrogen-bond acceptors (Lipinski definition) is 5. The van der Waals surface area contributed by atoms with E-state index in [9.17, 15) is 4.79 Å². The molecule has 22 heavy (non-hydrogen) atoms. The molecule has 5 nitrogen and oxygen atoms in total. The van der Waals surface area contributed by atoms with Crippen molar-refractivity contribution in [3.05, 3.63) is 42.0 Å². The van der Waals surface area contributed by atoms with E-state index < -0.39 is 5.97 Å². The van der Waals surface area contributed by atoms with Crippen LogP contribution in [-0.4, -0.2) is 25.8 Å². The highest BCUT2D eigenvalue weighted by atomic mass is 16.5. The van der Waals surface area contributed by atoms with E-state index in [1.807, 2.05) is 6.07 Å². The number of hydrogen-bond donors (Lipinski definition) is 0. The van der Waals surface area contributed by atoms with Crippen LogP contribution in [0.4, 0.5) is 0 Å². The molecule has 0 radical (unpaired) electrons. The van der Waals surface area contributed by atoms with E-state index >= 15 is 0 Å². The Bertz CT molecular complexity index is 612. The van der Waals surface area contributed by atoms with Gasteiger partial charge in [-0.25, -0.2) is 4.79 Å². The molecule has 1 rings (SSSR count). The predicted molar refractivity (Wildman–Crippen MR) is 83.5 cm³/mol. The molecule has 0 unspecified atom stereocenters. The molecule has 0 saturated heterocycles. The van der Waals surface area contributed by atoms with Gasteiger partial charge in [0.25, 0.3) is 0 Å². The van der Waals surface area contributed by atoms with Gasteiger partial charge in [0.05, 0.1) is 13.2 Å². The summed E-state index contributed by atoms with van der Waals surface area (Å²) in [6.45, 7) is 7.38. The van der Waals surface area contributed by atoms with Gasteiger partial charge in [0.1, 0.15) is 18.2 Å². The molecule has 0 aliphatic rings. The number of carbonyl (C=O) groups is 1. The third kappa shape index (κ3) is 4.98. The van der Waals surface area contributed by atoms with Gasteiger partial charge < -0.3 is 14.2 Å². The molecule has 0 aromatic heterocycles. The highest BCUT2D eigenvalue weighted by Crippen LogP contribution is 2.29. The van der Waals surface area contributed by atoms with Crippen LogP contribution in [0.1, 0.15) is 19.4 Å². The van der Waals surface area contributed by atoms with Gasteiger partial charge in [0.15, 0.2) is 11.5 Å². The fourth-order valence-corrected chi connectivity index (χ4v) is 1.62. The number of nitriles is 1. The lowest BCUT2D eigenvalue weighted by Gasteiger charge is -2.10. The van der Waals surface area contributed by atoms with E-state index in [0.29, 0.717) is 23.7 Å². The van der Waals surface area contributed by atoms with E-state index in [-0.39, 0.29) is 11.7 Å². The van der Waals surface area contributed by atoms with Gasteiger partial charge in [-0.3, -0.25) is 0 Å². The maximum Gasteiger partial charge on any atom is 0.349 e. The summed E-state index contributed by atoms with van der Waals surface area (Å²) >= 11 is 0. The van der Waals surface area contributed by atoms with Crippen molar-refractivity contribution >= 4 is 12.0 Å². The molecule has 0 aliphatic carbocycles. The Morgan fingerprint density at radius 3 is 2.68 bits per heavy atom. The summed E-state index contributed by atoms with van der Waals surface area (Å²) in [5.41, 5.74) is 0.565. The zero-order chi connectivity index (χ0) is 16.5. The minimum Gasteiger partial charge on any atom is -0.493 e. The maximum absolute atomic E-state index is 11.8. The molecule has 0 N–H and O–H groups in total. The molecule has 1 aromatic rings. The van der Waals surface area contributed by atoms with Gasteiger partial charge in [-0.1, -0.05) is 18.7 Å². The molecular weight excluding hydrogens is 282 g/mol. The summed E-state index contributed by atoms with van der Waals surface area (Å²) in [4.78, 5) is 11.8. The van der Waals surface area contributed by atoms with Crippen molar-refractivity contribution in [2.45, 2.75) is 20.0 Å². The van der Waals surface area contributed by atoms with Gasteiger partial charge in [0.2, 0.25) is 0 Å². The Hall–Kier alpha value is -2.74.